The van der Waals surface area contributed by atoms with E-state index in [0.717, 1.165) is 19.1 Å². The molecule has 1 heterocycles. The molecule has 3 unspecified atom stereocenters. The molecule has 1 saturated heterocycles. The first kappa shape index (κ1) is 13.8. The van der Waals surface area contributed by atoms with Gasteiger partial charge < -0.3 is 9.84 Å². The lowest BCUT2D eigenvalue weighted by Crippen LogP contribution is -2.51. The Morgan fingerprint density at radius 2 is 2.17 bits per heavy atom. The van der Waals surface area contributed by atoms with Crippen molar-refractivity contribution in [1.29, 1.82) is 0 Å². The van der Waals surface area contributed by atoms with E-state index in [4.69, 9.17) is 9.84 Å². The number of ether oxygens (including phenoxy) is 1. The van der Waals surface area contributed by atoms with Crippen molar-refractivity contribution >= 4 is 5.97 Å². The van der Waals surface area contributed by atoms with Crippen molar-refractivity contribution in [1.82, 2.24) is 4.90 Å². The third-order valence-electron chi connectivity index (χ3n) is 4.38. The van der Waals surface area contributed by atoms with E-state index in [2.05, 4.69) is 11.8 Å². The Morgan fingerprint density at radius 1 is 1.33 bits per heavy atom. The molecule has 0 radical (unpaired) electrons. The van der Waals surface area contributed by atoms with Crippen molar-refractivity contribution in [3.05, 3.63) is 0 Å². The fourth-order valence-electron chi connectivity index (χ4n) is 3.33. The third kappa shape index (κ3) is 3.69. The molecule has 2 aliphatic rings. The van der Waals surface area contributed by atoms with E-state index in [0.29, 0.717) is 12.6 Å². The molecule has 0 aromatic heterocycles. The SMILES string of the molecule is CC1CCCC(N2CCOCC2CC(=O)O)CC1. The molecule has 2 fully saturated rings. The Kier molecular flexibility index (Phi) is 5.01. The molecule has 0 aromatic rings. The molecule has 18 heavy (non-hydrogen) atoms. The maximum atomic E-state index is 10.9. The second-order valence-electron chi connectivity index (χ2n) is 5.83. The Labute approximate surface area is 109 Å². The first-order valence-corrected chi connectivity index (χ1v) is 7.22. The van der Waals surface area contributed by atoms with Crippen LogP contribution >= 0.6 is 0 Å². The maximum absolute atomic E-state index is 10.9. The summed E-state index contributed by atoms with van der Waals surface area (Å²) in [6, 6.07) is 0.651. The second kappa shape index (κ2) is 6.53. The molecular formula is C14H25NO3. The van der Waals surface area contributed by atoms with Crippen LogP contribution in [0.15, 0.2) is 0 Å². The second-order valence-corrected chi connectivity index (χ2v) is 5.83. The summed E-state index contributed by atoms with van der Waals surface area (Å²) in [7, 11) is 0. The van der Waals surface area contributed by atoms with Gasteiger partial charge in [0.05, 0.1) is 19.6 Å². The molecule has 0 spiro atoms. The molecular weight excluding hydrogens is 230 g/mol. The minimum Gasteiger partial charge on any atom is -0.481 e. The number of rotatable bonds is 3. The van der Waals surface area contributed by atoms with E-state index in [-0.39, 0.29) is 12.5 Å². The highest BCUT2D eigenvalue weighted by molar-refractivity contribution is 5.67. The molecule has 2 rings (SSSR count). The molecule has 1 N–H and O–H groups in total. The first-order valence-electron chi connectivity index (χ1n) is 7.22. The first-order chi connectivity index (χ1) is 8.66. The van der Waals surface area contributed by atoms with Gasteiger partial charge in [0.2, 0.25) is 0 Å². The van der Waals surface area contributed by atoms with Crippen molar-refractivity contribution in [3.8, 4) is 0 Å². The van der Waals surface area contributed by atoms with Gasteiger partial charge in [0.25, 0.3) is 0 Å². The van der Waals surface area contributed by atoms with E-state index in [1.54, 1.807) is 0 Å². The number of hydrogen-bond donors (Lipinski definition) is 1. The summed E-state index contributed by atoms with van der Waals surface area (Å²) < 4.78 is 5.45. The quantitative estimate of drug-likeness (QED) is 0.785. The number of carboxylic acid groups (broad SMARTS) is 1. The summed E-state index contributed by atoms with van der Waals surface area (Å²) in [6.45, 7) is 4.56. The number of nitrogens with zero attached hydrogens (tertiary/aromatic N) is 1. The summed E-state index contributed by atoms with van der Waals surface area (Å²) in [5.41, 5.74) is 0. The lowest BCUT2D eigenvalue weighted by molar-refractivity contribution is -0.141. The lowest BCUT2D eigenvalue weighted by atomic mass is 10.0. The van der Waals surface area contributed by atoms with Gasteiger partial charge in [-0.15, -0.1) is 0 Å². The fraction of sp³-hybridized carbons (Fsp3) is 0.929. The summed E-state index contributed by atoms with van der Waals surface area (Å²) in [5.74, 6) is 0.117. The van der Waals surface area contributed by atoms with Gasteiger partial charge in [-0.25, -0.2) is 0 Å². The smallest absolute Gasteiger partial charge is 0.305 e. The molecule has 0 bridgehead atoms. The van der Waals surface area contributed by atoms with Crippen LogP contribution in [0.1, 0.15) is 45.4 Å². The number of carboxylic acids is 1. The highest BCUT2D eigenvalue weighted by atomic mass is 16.5. The summed E-state index contributed by atoms with van der Waals surface area (Å²) in [5, 5.41) is 9.00. The minimum atomic E-state index is -0.711. The van der Waals surface area contributed by atoms with Crippen LogP contribution in [0.4, 0.5) is 0 Å². The third-order valence-corrected chi connectivity index (χ3v) is 4.38. The Bertz CT molecular complexity index is 282. The van der Waals surface area contributed by atoms with Crippen molar-refractivity contribution in [2.45, 2.75) is 57.5 Å². The predicted octanol–water partition coefficient (Wildman–Crippen LogP) is 2.13. The molecule has 1 aliphatic carbocycles. The van der Waals surface area contributed by atoms with Crippen molar-refractivity contribution in [3.63, 3.8) is 0 Å². The molecule has 1 aliphatic heterocycles. The minimum absolute atomic E-state index is 0.0784. The van der Waals surface area contributed by atoms with Crippen LogP contribution in [0.3, 0.4) is 0 Å². The molecule has 104 valence electrons. The zero-order chi connectivity index (χ0) is 13.0. The van der Waals surface area contributed by atoms with Gasteiger partial charge in [0.1, 0.15) is 0 Å². The van der Waals surface area contributed by atoms with Gasteiger partial charge in [-0.05, 0) is 25.2 Å². The van der Waals surface area contributed by atoms with E-state index >= 15 is 0 Å². The number of carbonyl (C=O) groups is 1. The number of aliphatic carboxylic acids is 1. The van der Waals surface area contributed by atoms with Gasteiger partial charge in [-0.1, -0.05) is 19.8 Å². The highest BCUT2D eigenvalue weighted by Crippen LogP contribution is 2.28. The molecule has 4 heteroatoms. The zero-order valence-electron chi connectivity index (χ0n) is 11.3. The van der Waals surface area contributed by atoms with Crippen LogP contribution in [0.2, 0.25) is 0 Å². The van der Waals surface area contributed by atoms with Gasteiger partial charge >= 0.3 is 5.97 Å². The van der Waals surface area contributed by atoms with Crippen LogP contribution in [-0.2, 0) is 9.53 Å². The molecule has 3 atom stereocenters. The summed E-state index contributed by atoms with van der Waals surface area (Å²) in [6.07, 6.45) is 6.54. The van der Waals surface area contributed by atoms with Gasteiger partial charge in [-0.3, -0.25) is 9.69 Å². The van der Waals surface area contributed by atoms with E-state index in [1.807, 2.05) is 0 Å². The topological polar surface area (TPSA) is 49.8 Å². The summed E-state index contributed by atoms with van der Waals surface area (Å²) >= 11 is 0. The Morgan fingerprint density at radius 3 is 2.94 bits per heavy atom. The van der Waals surface area contributed by atoms with Crippen LogP contribution in [0.25, 0.3) is 0 Å². The lowest BCUT2D eigenvalue weighted by Gasteiger charge is -2.40. The van der Waals surface area contributed by atoms with Crippen LogP contribution in [-0.4, -0.2) is 47.8 Å². The van der Waals surface area contributed by atoms with Crippen LogP contribution in [0, 0.1) is 5.92 Å². The zero-order valence-corrected chi connectivity index (χ0v) is 11.3. The van der Waals surface area contributed by atoms with Crippen molar-refractivity contribution < 1.29 is 14.6 Å². The van der Waals surface area contributed by atoms with Crippen LogP contribution in [0.5, 0.6) is 0 Å². The maximum Gasteiger partial charge on any atom is 0.305 e. The van der Waals surface area contributed by atoms with Crippen LogP contribution < -0.4 is 0 Å². The summed E-state index contributed by atoms with van der Waals surface area (Å²) in [4.78, 5) is 13.3. The molecule has 0 aromatic carbocycles. The van der Waals surface area contributed by atoms with E-state index in [9.17, 15) is 4.79 Å². The standard InChI is InChI=1S/C14H25NO3/c1-11-3-2-4-12(6-5-11)15-7-8-18-10-13(15)9-14(16)17/h11-13H,2-10H2,1H3,(H,16,17). The fourth-order valence-corrected chi connectivity index (χ4v) is 3.33. The van der Waals surface area contributed by atoms with Gasteiger partial charge in [0.15, 0.2) is 0 Å². The largest absolute Gasteiger partial charge is 0.481 e. The van der Waals surface area contributed by atoms with Gasteiger partial charge in [0, 0.05) is 18.6 Å². The average molecular weight is 255 g/mol. The monoisotopic (exact) mass is 255 g/mol. The normalized spacial score (nSPS) is 35.1. The molecule has 0 amide bonds. The Hall–Kier alpha value is -0.610. The van der Waals surface area contributed by atoms with Crippen molar-refractivity contribution in [2.24, 2.45) is 5.92 Å². The predicted molar refractivity (Wildman–Crippen MR) is 69.6 cm³/mol. The van der Waals surface area contributed by atoms with E-state index in [1.165, 1.54) is 32.1 Å². The number of morpholine rings is 1. The Balaban J connectivity index is 1.96. The molecule has 4 nitrogen and oxygen atoms in total. The van der Waals surface area contributed by atoms with E-state index < -0.39 is 5.97 Å². The average Bonchev–Trinajstić information content (AvgIpc) is 2.54. The van der Waals surface area contributed by atoms with Gasteiger partial charge in [-0.2, -0.15) is 0 Å². The molecule has 1 saturated carbocycles. The highest BCUT2D eigenvalue weighted by Gasteiger charge is 2.31. The number of hydrogen-bond acceptors (Lipinski definition) is 3. The van der Waals surface area contributed by atoms with Crippen molar-refractivity contribution in [2.75, 3.05) is 19.8 Å².